The van der Waals surface area contributed by atoms with Gasteiger partial charge in [0.25, 0.3) is 5.91 Å². The molecular weight excluding hydrogens is 419 g/mol. The van der Waals surface area contributed by atoms with E-state index in [9.17, 15) is 14.3 Å². The number of halogens is 1. The Morgan fingerprint density at radius 3 is 2.58 bits per heavy atom. The van der Waals surface area contributed by atoms with Gasteiger partial charge < -0.3 is 25.2 Å². The molecule has 1 aliphatic heterocycles. The molecule has 1 fully saturated rings. The van der Waals surface area contributed by atoms with Crippen molar-refractivity contribution in [2.75, 3.05) is 31.5 Å². The van der Waals surface area contributed by atoms with E-state index in [2.05, 4.69) is 22.1 Å². The van der Waals surface area contributed by atoms with Crippen LogP contribution in [-0.4, -0.2) is 52.8 Å². The molecule has 1 unspecified atom stereocenters. The van der Waals surface area contributed by atoms with Crippen LogP contribution >= 0.6 is 0 Å². The number of anilines is 1. The minimum Gasteiger partial charge on any atom is -0.392 e. The highest BCUT2D eigenvalue weighted by atomic mass is 19.1. The highest BCUT2D eigenvalue weighted by Gasteiger charge is 2.23. The van der Waals surface area contributed by atoms with Crippen LogP contribution in [0.15, 0.2) is 30.3 Å². The van der Waals surface area contributed by atoms with Crippen molar-refractivity contribution in [1.29, 1.82) is 0 Å². The molecule has 0 spiro atoms. The van der Waals surface area contributed by atoms with Gasteiger partial charge in [0, 0.05) is 55.9 Å². The van der Waals surface area contributed by atoms with Crippen molar-refractivity contribution < 1.29 is 14.3 Å². The number of hydrogen-bond acceptors (Lipinski definition) is 4. The number of nitrogens with one attached hydrogen (secondary N) is 2. The van der Waals surface area contributed by atoms with Gasteiger partial charge in [-0.2, -0.15) is 0 Å². The third kappa shape index (κ3) is 4.75. The second-order valence-corrected chi connectivity index (χ2v) is 9.06. The largest absolute Gasteiger partial charge is 0.392 e. The van der Waals surface area contributed by atoms with E-state index in [0.29, 0.717) is 31.7 Å². The van der Waals surface area contributed by atoms with E-state index in [1.807, 2.05) is 30.9 Å². The monoisotopic (exact) mass is 452 g/mol. The number of piperazine rings is 1. The summed E-state index contributed by atoms with van der Waals surface area (Å²) in [4.78, 5) is 15.2. The first kappa shape index (κ1) is 23.3. The lowest BCUT2D eigenvalue weighted by atomic mass is 10.0. The van der Waals surface area contributed by atoms with Crippen LogP contribution in [-0.2, 0) is 13.1 Å². The van der Waals surface area contributed by atoms with Crippen molar-refractivity contribution in [1.82, 2.24) is 14.8 Å². The topological polar surface area (TPSA) is 69.5 Å². The smallest absolute Gasteiger partial charge is 0.254 e. The summed E-state index contributed by atoms with van der Waals surface area (Å²) in [6, 6.07) is 8.68. The van der Waals surface area contributed by atoms with E-state index >= 15 is 0 Å². The zero-order chi connectivity index (χ0) is 23.7. The second kappa shape index (κ2) is 9.53. The Bertz CT molecular complexity index is 1180. The van der Waals surface area contributed by atoms with Crippen LogP contribution in [0.1, 0.15) is 39.7 Å². The number of aliphatic hydroxyl groups excluding tert-OH is 1. The average molecular weight is 453 g/mol. The van der Waals surface area contributed by atoms with E-state index in [1.54, 1.807) is 13.0 Å². The van der Waals surface area contributed by atoms with Crippen molar-refractivity contribution in [3.05, 3.63) is 64.1 Å². The van der Waals surface area contributed by atoms with Gasteiger partial charge in [0.1, 0.15) is 5.82 Å². The first-order valence-electron chi connectivity index (χ1n) is 11.6. The number of hydrogen-bond donors (Lipinski definition) is 3. The summed E-state index contributed by atoms with van der Waals surface area (Å²) in [5.41, 5.74) is 6.50. The number of aromatic nitrogens is 1. The molecule has 2 aromatic carbocycles. The van der Waals surface area contributed by atoms with E-state index in [1.165, 1.54) is 12.1 Å². The number of rotatable bonds is 6. The fourth-order valence-electron chi connectivity index (χ4n) is 4.63. The van der Waals surface area contributed by atoms with Crippen molar-refractivity contribution >= 4 is 22.5 Å². The van der Waals surface area contributed by atoms with Gasteiger partial charge in [0.2, 0.25) is 0 Å². The van der Waals surface area contributed by atoms with Crippen LogP contribution in [0.2, 0.25) is 0 Å². The number of carbonyl (C=O) groups is 1. The van der Waals surface area contributed by atoms with Gasteiger partial charge >= 0.3 is 0 Å². The first-order valence-corrected chi connectivity index (χ1v) is 11.6. The zero-order valence-electron chi connectivity index (χ0n) is 19.8. The van der Waals surface area contributed by atoms with E-state index < -0.39 is 6.10 Å². The molecule has 1 amide bonds. The third-order valence-corrected chi connectivity index (χ3v) is 6.60. The highest BCUT2D eigenvalue weighted by Crippen LogP contribution is 2.34. The van der Waals surface area contributed by atoms with Crippen molar-refractivity contribution in [3.63, 3.8) is 0 Å². The standard InChI is InChI=1S/C26H33FN4O2/c1-16-11-22(27)6-5-20(16)14-29-24-13-21(26(33)30-9-7-28-8-10-30)12-23-18(3)19(4)31(25(23)24)15-17(2)32/h5-6,11-13,17,28-29,32H,7-10,14-15H2,1-4H3. The molecule has 1 atom stereocenters. The molecular formula is C26H33FN4O2. The molecule has 1 aromatic heterocycles. The molecule has 0 saturated carbocycles. The highest BCUT2D eigenvalue weighted by molar-refractivity contribution is 6.04. The second-order valence-electron chi connectivity index (χ2n) is 9.06. The lowest BCUT2D eigenvalue weighted by molar-refractivity contribution is 0.0736. The number of amides is 1. The molecule has 0 aliphatic carbocycles. The molecule has 1 saturated heterocycles. The fourth-order valence-corrected chi connectivity index (χ4v) is 4.63. The summed E-state index contributed by atoms with van der Waals surface area (Å²) in [6.07, 6.45) is -0.506. The summed E-state index contributed by atoms with van der Waals surface area (Å²) >= 11 is 0. The Balaban J connectivity index is 1.79. The fraction of sp³-hybridized carbons (Fsp3) is 0.423. The van der Waals surface area contributed by atoms with Crippen LogP contribution in [0.3, 0.4) is 0 Å². The maximum atomic E-state index is 13.6. The minimum atomic E-state index is -0.506. The van der Waals surface area contributed by atoms with E-state index in [-0.39, 0.29) is 11.7 Å². The van der Waals surface area contributed by atoms with Crippen molar-refractivity contribution in [2.45, 2.75) is 46.9 Å². The molecule has 3 N–H and O–H groups in total. The van der Waals surface area contributed by atoms with Crippen molar-refractivity contribution in [2.24, 2.45) is 0 Å². The van der Waals surface area contributed by atoms with E-state index in [0.717, 1.165) is 52.1 Å². The summed E-state index contributed by atoms with van der Waals surface area (Å²) in [6.45, 7) is 11.7. The number of nitrogens with zero attached hydrogens (tertiary/aromatic N) is 2. The first-order chi connectivity index (χ1) is 15.8. The Kier molecular flexibility index (Phi) is 6.72. The van der Waals surface area contributed by atoms with Crippen LogP contribution in [0.5, 0.6) is 0 Å². The van der Waals surface area contributed by atoms with Gasteiger partial charge in [-0.15, -0.1) is 0 Å². The predicted octanol–water partition coefficient (Wildman–Crippen LogP) is 3.74. The Labute approximate surface area is 194 Å². The molecule has 2 heterocycles. The number of aliphatic hydroxyl groups is 1. The van der Waals surface area contributed by atoms with Crippen LogP contribution in [0, 0.1) is 26.6 Å². The van der Waals surface area contributed by atoms with Crippen molar-refractivity contribution in [3.8, 4) is 0 Å². The zero-order valence-corrected chi connectivity index (χ0v) is 19.8. The maximum Gasteiger partial charge on any atom is 0.254 e. The molecule has 3 aromatic rings. The van der Waals surface area contributed by atoms with E-state index in [4.69, 9.17) is 0 Å². The number of carbonyl (C=O) groups excluding carboxylic acids is 1. The SMILES string of the molecule is Cc1cc(F)ccc1CNc1cc(C(=O)N2CCNCC2)cc2c(C)c(C)n(CC(C)O)c12. The minimum absolute atomic E-state index is 0.0275. The summed E-state index contributed by atoms with van der Waals surface area (Å²) < 4.78 is 15.7. The van der Waals surface area contributed by atoms with Gasteiger partial charge in [-0.05, 0) is 68.7 Å². The number of aryl methyl sites for hydroxylation is 2. The normalized spacial score (nSPS) is 15.2. The molecule has 6 nitrogen and oxygen atoms in total. The Morgan fingerprint density at radius 2 is 1.91 bits per heavy atom. The van der Waals surface area contributed by atoms with Gasteiger partial charge in [-0.25, -0.2) is 4.39 Å². The van der Waals surface area contributed by atoms with Crippen LogP contribution in [0.25, 0.3) is 10.9 Å². The third-order valence-electron chi connectivity index (χ3n) is 6.60. The molecule has 33 heavy (non-hydrogen) atoms. The average Bonchev–Trinajstić information content (AvgIpc) is 3.03. The Morgan fingerprint density at radius 1 is 1.18 bits per heavy atom. The summed E-state index contributed by atoms with van der Waals surface area (Å²) in [5, 5.41) is 17.9. The van der Waals surface area contributed by atoms with Crippen LogP contribution in [0.4, 0.5) is 10.1 Å². The van der Waals surface area contributed by atoms with Gasteiger partial charge in [-0.3, -0.25) is 4.79 Å². The maximum absolute atomic E-state index is 13.6. The van der Waals surface area contributed by atoms with Gasteiger partial charge in [0.15, 0.2) is 0 Å². The van der Waals surface area contributed by atoms with Gasteiger partial charge in [-0.1, -0.05) is 6.07 Å². The molecule has 176 valence electrons. The predicted molar refractivity (Wildman–Crippen MR) is 130 cm³/mol. The lowest BCUT2D eigenvalue weighted by Gasteiger charge is -2.27. The quantitative estimate of drug-likeness (QED) is 0.533. The molecule has 0 bridgehead atoms. The summed E-state index contributed by atoms with van der Waals surface area (Å²) in [7, 11) is 0. The molecule has 1 aliphatic rings. The molecule has 7 heteroatoms. The molecule has 4 rings (SSSR count). The lowest BCUT2D eigenvalue weighted by Crippen LogP contribution is -2.46. The van der Waals surface area contributed by atoms with Crippen LogP contribution < -0.4 is 10.6 Å². The molecule has 0 radical (unpaired) electrons. The van der Waals surface area contributed by atoms with Gasteiger partial charge in [0.05, 0.1) is 17.3 Å². The Hall–Kier alpha value is -2.90. The number of benzene rings is 2. The number of fused-ring (bicyclic) bond motifs is 1. The summed E-state index contributed by atoms with van der Waals surface area (Å²) in [5.74, 6) is -0.223.